The summed E-state index contributed by atoms with van der Waals surface area (Å²) in [6, 6.07) is 0.991. The number of hydrogen-bond donors (Lipinski definition) is 2. The fourth-order valence-corrected chi connectivity index (χ4v) is 4.28. The second-order valence-corrected chi connectivity index (χ2v) is 7.34. The lowest BCUT2D eigenvalue weighted by Gasteiger charge is -2.31. The van der Waals surface area contributed by atoms with E-state index >= 15 is 4.39 Å². The van der Waals surface area contributed by atoms with E-state index in [1.165, 1.54) is 17.3 Å². The third-order valence-corrected chi connectivity index (χ3v) is 5.63. The number of benzene rings is 1. The van der Waals surface area contributed by atoms with Crippen molar-refractivity contribution in [2.45, 2.75) is 13.0 Å². The molecule has 3 aliphatic heterocycles. The second-order valence-electron chi connectivity index (χ2n) is 7.34. The van der Waals surface area contributed by atoms with Crippen molar-refractivity contribution in [2.75, 3.05) is 37.7 Å². The van der Waals surface area contributed by atoms with E-state index < -0.39 is 17.2 Å². The van der Waals surface area contributed by atoms with Crippen molar-refractivity contribution in [1.29, 1.82) is 0 Å². The van der Waals surface area contributed by atoms with Crippen LogP contribution in [0.4, 0.5) is 10.1 Å². The number of aromatic carboxylic acids is 1. The van der Waals surface area contributed by atoms with Gasteiger partial charge in [-0.3, -0.25) is 4.79 Å². The maximum Gasteiger partial charge on any atom is 0.341 e. The topological polar surface area (TPSA) is 83.8 Å². The van der Waals surface area contributed by atoms with Crippen LogP contribution in [0.1, 0.15) is 23.3 Å². The Morgan fingerprint density at radius 1 is 1.33 bits per heavy atom. The van der Waals surface area contributed by atoms with E-state index in [0.717, 1.165) is 19.2 Å². The maximum atomic E-state index is 15.1. The molecule has 8 heteroatoms. The molecule has 5 rings (SSSR count). The van der Waals surface area contributed by atoms with Crippen LogP contribution >= 0.6 is 0 Å². The molecule has 7 nitrogen and oxygen atoms in total. The van der Waals surface area contributed by atoms with Gasteiger partial charge in [0.2, 0.25) is 5.43 Å². The molecule has 3 aliphatic rings. The summed E-state index contributed by atoms with van der Waals surface area (Å²) in [4.78, 5) is 26.0. The highest BCUT2D eigenvalue weighted by Gasteiger charge is 2.33. The molecule has 1 aromatic heterocycles. The van der Waals surface area contributed by atoms with Gasteiger partial charge in [0, 0.05) is 32.4 Å². The molecule has 0 amide bonds. The number of halogens is 1. The second kappa shape index (κ2) is 5.56. The molecule has 2 aromatic rings. The number of pyridine rings is 1. The van der Waals surface area contributed by atoms with Gasteiger partial charge in [0.05, 0.1) is 16.9 Å². The Labute approximate surface area is 153 Å². The van der Waals surface area contributed by atoms with Crippen LogP contribution in [-0.4, -0.2) is 48.4 Å². The molecule has 27 heavy (non-hydrogen) atoms. The van der Waals surface area contributed by atoms with Crippen molar-refractivity contribution in [1.82, 2.24) is 9.88 Å². The van der Waals surface area contributed by atoms with Crippen molar-refractivity contribution < 1.29 is 19.0 Å². The number of nitrogens with zero attached hydrogens (tertiary/aromatic N) is 2. The van der Waals surface area contributed by atoms with Crippen LogP contribution in [0.25, 0.3) is 10.9 Å². The van der Waals surface area contributed by atoms with Crippen LogP contribution in [0, 0.1) is 5.82 Å². The summed E-state index contributed by atoms with van der Waals surface area (Å²) in [6.07, 6.45) is 1.34. The number of carbonyl (C=O) groups is 1. The predicted octanol–water partition coefficient (Wildman–Crippen LogP) is 1.51. The van der Waals surface area contributed by atoms with Crippen molar-refractivity contribution in [2.24, 2.45) is 0 Å². The zero-order valence-electron chi connectivity index (χ0n) is 14.7. The first-order valence-electron chi connectivity index (χ1n) is 8.88. The summed E-state index contributed by atoms with van der Waals surface area (Å²) in [5.41, 5.74) is 2.30. The summed E-state index contributed by atoms with van der Waals surface area (Å²) in [6.45, 7) is 5.01. The van der Waals surface area contributed by atoms with Crippen LogP contribution < -0.4 is 20.4 Å². The van der Waals surface area contributed by atoms with E-state index in [1.54, 1.807) is 4.57 Å². The van der Waals surface area contributed by atoms with Crippen molar-refractivity contribution in [3.8, 4) is 5.75 Å². The van der Waals surface area contributed by atoms with Crippen LogP contribution in [0.15, 0.2) is 28.2 Å². The monoisotopic (exact) mass is 371 g/mol. The maximum absolute atomic E-state index is 15.1. The van der Waals surface area contributed by atoms with Crippen molar-refractivity contribution >= 4 is 22.6 Å². The molecule has 0 bridgehead atoms. The first-order chi connectivity index (χ1) is 13.0. The van der Waals surface area contributed by atoms with Crippen molar-refractivity contribution in [3.63, 3.8) is 0 Å². The van der Waals surface area contributed by atoms with Crippen LogP contribution in [0.2, 0.25) is 0 Å². The lowest BCUT2D eigenvalue weighted by Crippen LogP contribution is -2.31. The molecular formula is C19H18FN3O4. The van der Waals surface area contributed by atoms with Gasteiger partial charge in [-0.25, -0.2) is 9.18 Å². The summed E-state index contributed by atoms with van der Waals surface area (Å²) in [5, 5.41) is 12.7. The largest absolute Gasteiger partial charge is 0.487 e. The van der Waals surface area contributed by atoms with Gasteiger partial charge in [0.1, 0.15) is 17.9 Å². The number of nitrogens with one attached hydrogen (secondary N) is 1. The molecule has 0 spiro atoms. The third kappa shape index (κ3) is 2.22. The molecule has 0 saturated heterocycles. The van der Waals surface area contributed by atoms with Gasteiger partial charge in [0.15, 0.2) is 11.6 Å². The van der Waals surface area contributed by atoms with Gasteiger partial charge in [-0.15, -0.1) is 0 Å². The normalized spacial score (nSPS) is 21.0. The average Bonchev–Trinajstić information content (AvgIpc) is 3.21. The smallest absolute Gasteiger partial charge is 0.341 e. The van der Waals surface area contributed by atoms with Gasteiger partial charge in [-0.05, 0) is 24.1 Å². The van der Waals surface area contributed by atoms with E-state index in [4.69, 9.17) is 4.74 Å². The highest BCUT2D eigenvalue weighted by Crippen LogP contribution is 2.43. The van der Waals surface area contributed by atoms with E-state index in [1.807, 2.05) is 11.8 Å². The number of carboxylic acids is 1. The van der Waals surface area contributed by atoms with Crippen LogP contribution in [-0.2, 0) is 0 Å². The molecule has 1 aromatic carbocycles. The minimum atomic E-state index is -1.32. The van der Waals surface area contributed by atoms with E-state index in [9.17, 15) is 14.7 Å². The van der Waals surface area contributed by atoms with Crippen LogP contribution in [0.3, 0.4) is 0 Å². The number of aromatic nitrogens is 1. The molecule has 0 radical (unpaired) electrons. The standard InChI is InChI=1S/C19H18FN3O4/c1-9-8-27-18-15-12(17(24)13(19(25)26)7-23(9)15)2-14(20)16(18)22-5-10-3-21-4-11(10)6-22/h2,7,9,21H,3-6,8H2,1H3,(H,25,26)/t9-/m0/s1. The Morgan fingerprint density at radius 3 is 2.70 bits per heavy atom. The molecular weight excluding hydrogens is 353 g/mol. The Morgan fingerprint density at radius 2 is 2.04 bits per heavy atom. The summed E-state index contributed by atoms with van der Waals surface area (Å²) in [5.74, 6) is -1.55. The number of carboxylic acid groups (broad SMARTS) is 1. The first kappa shape index (κ1) is 16.3. The minimum Gasteiger partial charge on any atom is -0.487 e. The predicted molar refractivity (Wildman–Crippen MR) is 97.4 cm³/mol. The fourth-order valence-electron chi connectivity index (χ4n) is 4.28. The number of anilines is 1. The Hall–Kier alpha value is -2.87. The van der Waals surface area contributed by atoms with Crippen molar-refractivity contribution in [3.05, 3.63) is 45.0 Å². The molecule has 1 atom stereocenters. The molecule has 0 aliphatic carbocycles. The highest BCUT2D eigenvalue weighted by molar-refractivity contribution is 5.97. The number of rotatable bonds is 2. The zero-order chi connectivity index (χ0) is 18.9. The lowest BCUT2D eigenvalue weighted by molar-refractivity contribution is 0.0694. The van der Waals surface area contributed by atoms with E-state index in [2.05, 4.69) is 5.32 Å². The molecule has 0 unspecified atom stereocenters. The van der Waals surface area contributed by atoms with Crippen LogP contribution in [0.5, 0.6) is 5.75 Å². The van der Waals surface area contributed by atoms with Gasteiger partial charge >= 0.3 is 5.97 Å². The molecule has 4 heterocycles. The first-order valence-corrected chi connectivity index (χ1v) is 8.88. The van der Waals surface area contributed by atoms with Gasteiger partial charge in [-0.2, -0.15) is 0 Å². The molecule has 2 N–H and O–H groups in total. The highest BCUT2D eigenvalue weighted by atomic mass is 19.1. The molecule has 0 saturated carbocycles. The van der Waals surface area contributed by atoms with Gasteiger partial charge in [-0.1, -0.05) is 0 Å². The summed E-state index contributed by atoms with van der Waals surface area (Å²) < 4.78 is 22.7. The zero-order valence-corrected chi connectivity index (χ0v) is 14.7. The Bertz CT molecular complexity index is 1090. The summed E-state index contributed by atoms with van der Waals surface area (Å²) >= 11 is 0. The molecule has 140 valence electrons. The van der Waals surface area contributed by atoms with E-state index in [0.29, 0.717) is 30.0 Å². The number of hydrogen-bond acceptors (Lipinski definition) is 5. The quantitative estimate of drug-likeness (QED) is 0.779. The Balaban J connectivity index is 1.76. The molecule has 0 fully saturated rings. The fraction of sp³-hybridized carbons (Fsp3) is 0.368. The minimum absolute atomic E-state index is 0.0408. The van der Waals surface area contributed by atoms with Gasteiger partial charge < -0.3 is 24.6 Å². The Kier molecular flexibility index (Phi) is 3.36. The van der Waals surface area contributed by atoms with Gasteiger partial charge in [0.25, 0.3) is 0 Å². The summed E-state index contributed by atoms with van der Waals surface area (Å²) in [7, 11) is 0. The third-order valence-electron chi connectivity index (χ3n) is 5.63. The SMILES string of the molecule is C[C@H]1COc2c(N3CC4=C(CNC4)C3)c(F)cc3c(=O)c(C(=O)O)cn1c23. The number of ether oxygens (including phenoxy) is 1. The van der Waals surface area contributed by atoms with E-state index in [-0.39, 0.29) is 23.6 Å². The average molecular weight is 371 g/mol. The lowest BCUT2D eigenvalue weighted by atomic mass is 10.1.